The van der Waals surface area contributed by atoms with Crippen LogP contribution in [0.15, 0.2) is 133 Å². The van der Waals surface area contributed by atoms with Gasteiger partial charge in [0.25, 0.3) is 0 Å². The smallest absolute Gasteiger partial charge is 0.124 e. The van der Waals surface area contributed by atoms with Crippen molar-refractivity contribution in [2.45, 2.75) is 78.3 Å². The van der Waals surface area contributed by atoms with E-state index in [1.807, 2.05) is 55.5 Å². The first-order chi connectivity index (χ1) is 25.8. The van der Waals surface area contributed by atoms with E-state index in [4.69, 9.17) is 0 Å². The first-order valence-corrected chi connectivity index (χ1v) is 18.8. The number of benzene rings is 6. The summed E-state index contributed by atoms with van der Waals surface area (Å²) in [6, 6.07) is 45.3. The largest absolute Gasteiger partial charge is 0.507 e. The predicted molar refractivity (Wildman–Crippen MR) is 228 cm³/mol. The van der Waals surface area contributed by atoms with Gasteiger partial charge in [0.2, 0.25) is 0 Å². The summed E-state index contributed by atoms with van der Waals surface area (Å²) < 4.78 is 0. The van der Waals surface area contributed by atoms with Crippen LogP contribution >= 0.6 is 0 Å². The van der Waals surface area contributed by atoms with Crippen LogP contribution < -0.4 is 21.3 Å². The minimum absolute atomic E-state index is 0.232. The molecule has 278 valence electrons. The maximum absolute atomic E-state index is 11.5. The van der Waals surface area contributed by atoms with Crippen LogP contribution in [0.4, 0.5) is 34.1 Å². The van der Waals surface area contributed by atoms with E-state index in [2.05, 4.69) is 141 Å². The van der Waals surface area contributed by atoms with Gasteiger partial charge < -0.3 is 31.5 Å². The third-order valence-corrected chi connectivity index (χ3v) is 10.1. The molecular formula is C48H54N4O2. The molecule has 0 aliphatic carbocycles. The molecule has 0 amide bonds. The number of para-hydroxylation sites is 2. The van der Waals surface area contributed by atoms with E-state index < -0.39 is 0 Å². The third kappa shape index (κ3) is 9.75. The van der Waals surface area contributed by atoms with Gasteiger partial charge in [-0.25, -0.2) is 0 Å². The lowest BCUT2D eigenvalue weighted by Gasteiger charge is -2.29. The minimum Gasteiger partial charge on any atom is -0.507 e. The van der Waals surface area contributed by atoms with E-state index in [0.29, 0.717) is 24.6 Å². The van der Waals surface area contributed by atoms with Gasteiger partial charge in [-0.1, -0.05) is 89.2 Å². The van der Waals surface area contributed by atoms with Gasteiger partial charge in [0, 0.05) is 58.3 Å². The lowest BCUT2D eigenvalue weighted by Crippen LogP contribution is -2.20. The summed E-state index contributed by atoms with van der Waals surface area (Å²) in [4.78, 5) is 0. The molecular weight excluding hydrogens is 665 g/mol. The van der Waals surface area contributed by atoms with Crippen molar-refractivity contribution < 1.29 is 10.2 Å². The van der Waals surface area contributed by atoms with Crippen LogP contribution in [0.3, 0.4) is 0 Å². The number of rotatable bonds is 14. The normalized spacial score (nSPS) is 11.6. The quantitative estimate of drug-likeness (QED) is 0.0672. The molecule has 0 unspecified atom stereocenters. The number of anilines is 6. The van der Waals surface area contributed by atoms with Crippen molar-refractivity contribution in [1.29, 1.82) is 0 Å². The molecule has 0 fully saturated rings. The van der Waals surface area contributed by atoms with Crippen LogP contribution in [-0.2, 0) is 30.3 Å². The Morgan fingerprint density at radius 2 is 0.944 bits per heavy atom. The van der Waals surface area contributed by atoms with E-state index in [-0.39, 0.29) is 10.8 Å². The molecule has 6 N–H and O–H groups in total. The maximum Gasteiger partial charge on any atom is 0.124 e. The Morgan fingerprint density at radius 3 is 1.46 bits per heavy atom. The van der Waals surface area contributed by atoms with Crippen LogP contribution in [0.25, 0.3) is 0 Å². The summed E-state index contributed by atoms with van der Waals surface area (Å²) in [7, 11) is 0. The maximum atomic E-state index is 11.5. The van der Waals surface area contributed by atoms with Gasteiger partial charge in [0.1, 0.15) is 11.5 Å². The third-order valence-electron chi connectivity index (χ3n) is 10.1. The molecule has 6 aromatic rings. The number of phenols is 2. The lowest BCUT2D eigenvalue weighted by molar-refractivity contribution is 0.416. The second-order valence-corrected chi connectivity index (χ2v) is 15.9. The number of hydrogen-bond donors (Lipinski definition) is 6. The average Bonchev–Trinajstić information content (AvgIpc) is 3.15. The highest BCUT2D eigenvalue weighted by atomic mass is 16.3. The summed E-state index contributed by atoms with van der Waals surface area (Å²) in [6.45, 7) is 14.0. The number of nitrogens with one attached hydrogen (secondary N) is 4. The molecule has 0 saturated heterocycles. The second-order valence-electron chi connectivity index (χ2n) is 15.9. The summed E-state index contributed by atoms with van der Waals surface area (Å²) in [5.74, 6) is 0.701. The first-order valence-electron chi connectivity index (χ1n) is 18.8. The zero-order valence-corrected chi connectivity index (χ0v) is 32.4. The van der Waals surface area contributed by atoms with Crippen molar-refractivity contribution in [3.05, 3.63) is 167 Å². The molecule has 0 atom stereocenters. The molecule has 0 aliphatic heterocycles. The summed E-state index contributed by atoms with van der Waals surface area (Å²) in [6.07, 6.45) is 1.62. The Bertz CT molecular complexity index is 2140. The van der Waals surface area contributed by atoms with E-state index in [1.165, 1.54) is 5.56 Å². The molecule has 0 bridgehead atoms. The molecule has 6 rings (SSSR count). The topological polar surface area (TPSA) is 88.6 Å². The summed E-state index contributed by atoms with van der Waals surface area (Å²) >= 11 is 0. The van der Waals surface area contributed by atoms with E-state index in [1.54, 1.807) is 0 Å². The first kappa shape index (κ1) is 37.9. The number of aryl methyl sites for hydroxylation is 2. The van der Waals surface area contributed by atoms with Crippen molar-refractivity contribution in [3.8, 4) is 11.5 Å². The Hall–Kier alpha value is -5.88. The molecule has 0 radical (unpaired) electrons. The SMILES string of the molecule is Cc1cc(CNc2ccc(Nc3ccccc3)cc2)cc(C(C)(C)CCc2cc(CNc3ccc(Nc4ccccc4)cc3)c(O)c(C(C)(C)C)c2)c1O. The van der Waals surface area contributed by atoms with Crippen molar-refractivity contribution in [2.75, 3.05) is 21.3 Å². The average molecular weight is 719 g/mol. The van der Waals surface area contributed by atoms with Crippen molar-refractivity contribution in [3.63, 3.8) is 0 Å². The fraction of sp³-hybridized carbons (Fsp3) is 0.250. The van der Waals surface area contributed by atoms with Crippen LogP contribution in [0.1, 0.15) is 74.4 Å². The van der Waals surface area contributed by atoms with Gasteiger partial charge in [-0.3, -0.25) is 0 Å². The van der Waals surface area contributed by atoms with E-state index in [9.17, 15) is 10.2 Å². The predicted octanol–water partition coefficient (Wildman–Crippen LogP) is 12.3. The number of hydrogen-bond acceptors (Lipinski definition) is 6. The van der Waals surface area contributed by atoms with Gasteiger partial charge in [0.05, 0.1) is 0 Å². The van der Waals surface area contributed by atoms with Crippen LogP contribution in [0.5, 0.6) is 11.5 Å². The number of phenolic OH excluding ortho intramolecular Hbond substituents is 2. The lowest BCUT2D eigenvalue weighted by atomic mass is 9.77. The molecule has 6 heteroatoms. The fourth-order valence-electron chi connectivity index (χ4n) is 6.80. The van der Waals surface area contributed by atoms with Crippen LogP contribution in [0.2, 0.25) is 0 Å². The van der Waals surface area contributed by atoms with E-state index >= 15 is 0 Å². The molecule has 6 aromatic carbocycles. The summed E-state index contributed by atoms with van der Waals surface area (Å²) in [5, 5.41) is 36.7. The second kappa shape index (κ2) is 16.4. The molecule has 54 heavy (non-hydrogen) atoms. The van der Waals surface area contributed by atoms with Gasteiger partial charge in [-0.15, -0.1) is 0 Å². The molecule has 0 spiro atoms. The monoisotopic (exact) mass is 718 g/mol. The molecule has 0 saturated carbocycles. The van der Waals surface area contributed by atoms with Gasteiger partial charge in [0.15, 0.2) is 0 Å². The Kier molecular flexibility index (Phi) is 11.5. The van der Waals surface area contributed by atoms with Crippen molar-refractivity contribution in [2.24, 2.45) is 0 Å². The van der Waals surface area contributed by atoms with Crippen molar-refractivity contribution in [1.82, 2.24) is 0 Å². The van der Waals surface area contributed by atoms with Crippen LogP contribution in [0, 0.1) is 6.92 Å². The fourth-order valence-corrected chi connectivity index (χ4v) is 6.80. The minimum atomic E-state index is -0.302. The highest BCUT2D eigenvalue weighted by Gasteiger charge is 2.27. The highest BCUT2D eigenvalue weighted by molar-refractivity contribution is 5.64. The zero-order valence-electron chi connectivity index (χ0n) is 32.4. The molecule has 6 nitrogen and oxygen atoms in total. The van der Waals surface area contributed by atoms with Gasteiger partial charge in [-0.2, -0.15) is 0 Å². The van der Waals surface area contributed by atoms with Gasteiger partial charge in [-0.05, 0) is 132 Å². The molecule has 0 aliphatic rings. The zero-order chi connectivity index (χ0) is 38.3. The van der Waals surface area contributed by atoms with E-state index in [0.717, 1.165) is 74.8 Å². The van der Waals surface area contributed by atoms with Gasteiger partial charge >= 0.3 is 0 Å². The van der Waals surface area contributed by atoms with Crippen LogP contribution in [-0.4, -0.2) is 10.2 Å². The highest BCUT2D eigenvalue weighted by Crippen LogP contribution is 2.40. The standard InChI is InChI=1S/C48H54N4O2/c1-33-27-35(31-49-37-17-21-41(22-18-37)51-39-13-9-7-10-14-39)30-44(45(33)53)48(5,6)26-25-34-28-36(46(54)43(29-34)47(2,3)4)32-50-38-19-23-42(24-20-38)52-40-15-11-8-12-16-40/h7-24,27-30,49-54H,25-26,31-32H2,1-6H3. The number of aromatic hydroxyl groups is 2. The van der Waals surface area contributed by atoms with Crippen molar-refractivity contribution >= 4 is 34.1 Å². The Balaban J connectivity index is 1.12. The summed E-state index contributed by atoms with van der Waals surface area (Å²) in [5.41, 5.74) is 11.5. The Morgan fingerprint density at radius 1 is 0.481 bits per heavy atom. The molecule has 0 heterocycles. The molecule has 0 aromatic heterocycles. The Labute approximate surface area is 321 Å².